The summed E-state index contributed by atoms with van der Waals surface area (Å²) in [6.45, 7) is 1.76. The quantitative estimate of drug-likeness (QED) is 0.116. The Morgan fingerprint density at radius 3 is 2.45 bits per heavy atom. The van der Waals surface area contributed by atoms with Gasteiger partial charge in [0.05, 0.1) is 12.4 Å². The predicted molar refractivity (Wildman–Crippen MR) is 81.6 cm³/mol. The van der Waals surface area contributed by atoms with Gasteiger partial charge in [-0.2, -0.15) is 8.42 Å². The third kappa shape index (κ3) is 9.94. The first kappa shape index (κ1) is 20.1. The first-order valence-corrected chi connectivity index (χ1v) is 8.23. The van der Waals surface area contributed by atoms with Gasteiger partial charge in [-0.05, 0) is 31.7 Å². The second kappa shape index (κ2) is 9.96. The Labute approximate surface area is 130 Å². The van der Waals surface area contributed by atoms with Crippen LogP contribution >= 0.6 is 0 Å². The highest BCUT2D eigenvalue weighted by Crippen LogP contribution is 2.01. The van der Waals surface area contributed by atoms with Crippen LogP contribution < -0.4 is 5.32 Å². The summed E-state index contributed by atoms with van der Waals surface area (Å²) in [7, 11) is -0.502. The van der Waals surface area contributed by atoms with Gasteiger partial charge in [-0.15, -0.1) is 0 Å². The third-order valence-corrected chi connectivity index (χ3v) is 3.06. The minimum absolute atomic E-state index is 0.00671. The maximum atomic E-state index is 11.9. The number of nitrogens with one attached hydrogen (secondary N) is 1. The molecule has 0 aromatic heterocycles. The molecule has 0 bridgehead atoms. The summed E-state index contributed by atoms with van der Waals surface area (Å²) in [4.78, 5) is 25.4. The minimum atomic E-state index is -4.07. The van der Waals surface area contributed by atoms with Crippen LogP contribution in [-0.2, 0) is 24.4 Å². The number of esters is 1. The number of carbonyl (C=O) groups is 2. The molecule has 1 amide bonds. The number of carbonyl (C=O) groups excluding carboxylic acids is 2. The van der Waals surface area contributed by atoms with E-state index in [0.717, 1.165) is 0 Å². The van der Waals surface area contributed by atoms with Crippen LogP contribution in [0.25, 0.3) is 0 Å². The molecule has 0 saturated carbocycles. The number of hydrogen-bond donors (Lipinski definition) is 2. The lowest BCUT2D eigenvalue weighted by Gasteiger charge is -2.08. The molecule has 2 N–H and O–H groups in total. The molecule has 0 heterocycles. The van der Waals surface area contributed by atoms with Crippen molar-refractivity contribution in [2.75, 3.05) is 33.0 Å². The second-order valence-corrected chi connectivity index (χ2v) is 6.07. The number of amides is 1. The second-order valence-electron chi connectivity index (χ2n) is 4.50. The SMILES string of the molecule is CCOC(=O)C(=CC=CN(C)C)C(=O)NCCCS(=O)(=O)O. The molecule has 0 fully saturated rings. The van der Waals surface area contributed by atoms with Gasteiger partial charge in [0.1, 0.15) is 5.57 Å². The average molecular weight is 334 g/mol. The van der Waals surface area contributed by atoms with Crippen LogP contribution in [0, 0.1) is 0 Å². The molecule has 22 heavy (non-hydrogen) atoms. The van der Waals surface area contributed by atoms with E-state index in [0.29, 0.717) is 0 Å². The van der Waals surface area contributed by atoms with Crippen molar-refractivity contribution >= 4 is 22.0 Å². The number of allylic oxidation sites excluding steroid dienone is 2. The van der Waals surface area contributed by atoms with Gasteiger partial charge in [-0.1, -0.05) is 0 Å². The van der Waals surface area contributed by atoms with Gasteiger partial charge in [-0.3, -0.25) is 9.35 Å². The summed E-state index contributed by atoms with van der Waals surface area (Å²) in [5.74, 6) is -1.90. The van der Waals surface area contributed by atoms with Crippen molar-refractivity contribution in [1.82, 2.24) is 10.2 Å². The van der Waals surface area contributed by atoms with Gasteiger partial charge >= 0.3 is 5.97 Å². The van der Waals surface area contributed by atoms with Crippen LogP contribution in [0.3, 0.4) is 0 Å². The van der Waals surface area contributed by atoms with E-state index < -0.39 is 27.7 Å². The molecule has 0 unspecified atom stereocenters. The first-order chi connectivity index (χ1) is 10.2. The summed E-state index contributed by atoms with van der Waals surface area (Å²) in [6, 6.07) is 0. The number of nitrogens with zero attached hydrogens (tertiary/aromatic N) is 1. The summed E-state index contributed by atoms with van der Waals surface area (Å²) in [5, 5.41) is 2.40. The van der Waals surface area contributed by atoms with E-state index in [4.69, 9.17) is 9.29 Å². The summed E-state index contributed by atoms with van der Waals surface area (Å²) in [6.07, 6.45) is 4.51. The molecular formula is C13H22N2O6S. The fourth-order valence-electron chi connectivity index (χ4n) is 1.31. The molecule has 0 radical (unpaired) electrons. The first-order valence-electron chi connectivity index (χ1n) is 6.62. The van der Waals surface area contributed by atoms with Crippen molar-refractivity contribution in [3.05, 3.63) is 23.9 Å². The van der Waals surface area contributed by atoms with E-state index in [1.807, 2.05) is 0 Å². The molecule has 0 atom stereocenters. The minimum Gasteiger partial charge on any atom is -0.462 e. The fraction of sp³-hybridized carbons (Fsp3) is 0.538. The lowest BCUT2D eigenvalue weighted by molar-refractivity contribution is -0.140. The van der Waals surface area contributed by atoms with Gasteiger partial charge in [-0.25, -0.2) is 4.79 Å². The zero-order chi connectivity index (χ0) is 17.2. The fourth-order valence-corrected chi connectivity index (χ4v) is 1.82. The molecule has 0 rings (SSSR count). The van der Waals surface area contributed by atoms with E-state index in [1.165, 1.54) is 12.2 Å². The van der Waals surface area contributed by atoms with Gasteiger partial charge in [0.15, 0.2) is 0 Å². The maximum Gasteiger partial charge on any atom is 0.343 e. The molecule has 0 aromatic carbocycles. The van der Waals surface area contributed by atoms with E-state index in [9.17, 15) is 18.0 Å². The van der Waals surface area contributed by atoms with E-state index in [2.05, 4.69) is 5.32 Å². The lowest BCUT2D eigenvalue weighted by Crippen LogP contribution is -2.31. The Morgan fingerprint density at radius 1 is 1.32 bits per heavy atom. The van der Waals surface area contributed by atoms with Gasteiger partial charge in [0.2, 0.25) is 0 Å². The summed E-state index contributed by atoms with van der Waals surface area (Å²) in [5.41, 5.74) is -0.188. The zero-order valence-electron chi connectivity index (χ0n) is 12.9. The smallest absolute Gasteiger partial charge is 0.343 e. The number of rotatable bonds is 9. The lowest BCUT2D eigenvalue weighted by atomic mass is 10.2. The van der Waals surface area contributed by atoms with Crippen molar-refractivity contribution in [3.8, 4) is 0 Å². The molecule has 0 aliphatic rings. The van der Waals surface area contributed by atoms with Crippen LogP contribution in [0.4, 0.5) is 0 Å². The predicted octanol–water partition coefficient (Wildman–Crippen LogP) is -0.0547. The van der Waals surface area contributed by atoms with Crippen molar-refractivity contribution < 1.29 is 27.3 Å². The number of ether oxygens (including phenoxy) is 1. The van der Waals surface area contributed by atoms with Crippen LogP contribution in [0.5, 0.6) is 0 Å². The summed E-state index contributed by atoms with van der Waals surface area (Å²) < 4.78 is 34.5. The van der Waals surface area contributed by atoms with Crippen molar-refractivity contribution in [1.29, 1.82) is 0 Å². The average Bonchev–Trinajstić information content (AvgIpc) is 2.38. The molecule has 126 valence electrons. The Balaban J connectivity index is 4.73. The molecule has 0 saturated heterocycles. The zero-order valence-corrected chi connectivity index (χ0v) is 13.7. The topological polar surface area (TPSA) is 113 Å². The van der Waals surface area contributed by atoms with Crippen molar-refractivity contribution in [2.24, 2.45) is 0 Å². The largest absolute Gasteiger partial charge is 0.462 e. The van der Waals surface area contributed by atoms with Crippen LogP contribution in [0.2, 0.25) is 0 Å². The highest BCUT2D eigenvalue weighted by atomic mass is 32.2. The molecule has 0 aromatic rings. The Morgan fingerprint density at radius 2 is 1.95 bits per heavy atom. The van der Waals surface area contributed by atoms with Gasteiger partial charge in [0.25, 0.3) is 16.0 Å². The Bertz CT molecular complexity index is 537. The Hall–Kier alpha value is -1.87. The monoisotopic (exact) mass is 334 g/mol. The highest BCUT2D eigenvalue weighted by Gasteiger charge is 2.18. The molecule has 0 spiro atoms. The molecule has 0 aliphatic carbocycles. The normalized spacial score (nSPS) is 12.3. The standard InChI is InChI=1S/C13H22N2O6S/c1-4-21-13(17)11(7-5-9-15(2)3)12(16)14-8-6-10-22(18,19)20/h5,7,9H,4,6,8,10H2,1-3H3,(H,14,16)(H,18,19,20). The van der Waals surface area contributed by atoms with E-state index >= 15 is 0 Å². The van der Waals surface area contributed by atoms with Crippen LogP contribution in [0.15, 0.2) is 23.9 Å². The maximum absolute atomic E-state index is 11.9. The van der Waals surface area contributed by atoms with Crippen LogP contribution in [-0.4, -0.2) is 62.7 Å². The van der Waals surface area contributed by atoms with Crippen molar-refractivity contribution in [2.45, 2.75) is 13.3 Å². The molecule has 9 heteroatoms. The molecular weight excluding hydrogens is 312 g/mol. The van der Waals surface area contributed by atoms with E-state index in [-0.39, 0.29) is 25.1 Å². The van der Waals surface area contributed by atoms with E-state index in [1.54, 1.807) is 32.1 Å². The van der Waals surface area contributed by atoms with Gasteiger partial charge < -0.3 is 15.0 Å². The van der Waals surface area contributed by atoms with Gasteiger partial charge in [0, 0.05) is 20.6 Å². The number of hydrogen-bond acceptors (Lipinski definition) is 6. The molecule has 8 nitrogen and oxygen atoms in total. The third-order valence-electron chi connectivity index (χ3n) is 2.25. The van der Waals surface area contributed by atoms with Crippen molar-refractivity contribution in [3.63, 3.8) is 0 Å². The highest BCUT2D eigenvalue weighted by molar-refractivity contribution is 7.85. The molecule has 0 aliphatic heterocycles. The Kier molecular flexibility index (Phi) is 9.11. The van der Waals surface area contributed by atoms with Crippen LogP contribution in [0.1, 0.15) is 13.3 Å². The summed E-state index contributed by atoms with van der Waals surface area (Å²) >= 11 is 0.